The predicted octanol–water partition coefficient (Wildman–Crippen LogP) is 1.33. The van der Waals surface area contributed by atoms with E-state index in [1.165, 1.54) is 0 Å². The van der Waals surface area contributed by atoms with E-state index in [9.17, 15) is 0 Å². The van der Waals surface area contributed by atoms with E-state index >= 15 is 0 Å². The number of ether oxygens (including phenoxy) is 1. The van der Waals surface area contributed by atoms with Gasteiger partial charge in [-0.25, -0.2) is 9.97 Å². The molecular weight excluding hydrogens is 244 g/mol. The minimum atomic E-state index is 0.0393. The molecule has 6 nitrogen and oxygen atoms in total. The second kappa shape index (κ2) is 7.91. The van der Waals surface area contributed by atoms with Crippen molar-refractivity contribution in [3.8, 4) is 0 Å². The highest BCUT2D eigenvalue weighted by Gasteiger charge is 2.13. The summed E-state index contributed by atoms with van der Waals surface area (Å²) in [4.78, 5) is 8.80. The highest BCUT2D eigenvalue weighted by molar-refractivity contribution is 5.57. The van der Waals surface area contributed by atoms with Crippen LogP contribution in [0.25, 0.3) is 0 Å². The Morgan fingerprint density at radius 2 is 1.95 bits per heavy atom. The number of aliphatic hydroxyl groups is 1. The van der Waals surface area contributed by atoms with Gasteiger partial charge in [-0.3, -0.25) is 0 Å². The van der Waals surface area contributed by atoms with Crippen molar-refractivity contribution in [3.63, 3.8) is 0 Å². The summed E-state index contributed by atoms with van der Waals surface area (Å²) < 4.78 is 5.14. The van der Waals surface area contributed by atoms with Crippen LogP contribution in [0.15, 0.2) is 0 Å². The van der Waals surface area contributed by atoms with E-state index in [1.807, 2.05) is 20.8 Å². The number of nitrogens with one attached hydrogen (secondary N) is 2. The molecule has 0 aliphatic heterocycles. The Balaban J connectivity index is 2.91. The van der Waals surface area contributed by atoms with Gasteiger partial charge in [-0.05, 0) is 27.2 Å². The van der Waals surface area contributed by atoms with Crippen LogP contribution in [0.4, 0.5) is 11.6 Å². The largest absolute Gasteiger partial charge is 0.396 e. The van der Waals surface area contributed by atoms with Gasteiger partial charge in [0.2, 0.25) is 0 Å². The van der Waals surface area contributed by atoms with Gasteiger partial charge in [-0.1, -0.05) is 0 Å². The summed E-state index contributed by atoms with van der Waals surface area (Å²) in [7, 11) is 1.65. The molecule has 0 saturated carbocycles. The van der Waals surface area contributed by atoms with Gasteiger partial charge in [0.05, 0.1) is 12.6 Å². The highest BCUT2D eigenvalue weighted by atomic mass is 16.5. The van der Waals surface area contributed by atoms with Crippen LogP contribution < -0.4 is 10.6 Å². The lowest BCUT2D eigenvalue weighted by molar-refractivity contribution is 0.170. The van der Waals surface area contributed by atoms with E-state index < -0.39 is 0 Å². The zero-order valence-electron chi connectivity index (χ0n) is 12.2. The normalized spacial score (nSPS) is 12.3. The fourth-order valence-corrected chi connectivity index (χ4v) is 1.86. The summed E-state index contributed by atoms with van der Waals surface area (Å²) in [5.74, 6) is 2.35. The zero-order chi connectivity index (χ0) is 14.3. The quantitative estimate of drug-likeness (QED) is 0.660. The molecule has 1 rings (SSSR count). The molecule has 1 aromatic rings. The minimum Gasteiger partial charge on any atom is -0.396 e. The molecule has 0 spiro atoms. The van der Waals surface area contributed by atoms with Crippen molar-refractivity contribution >= 4 is 11.6 Å². The van der Waals surface area contributed by atoms with Gasteiger partial charge in [0.25, 0.3) is 0 Å². The van der Waals surface area contributed by atoms with Gasteiger partial charge < -0.3 is 20.5 Å². The molecule has 0 fully saturated rings. The monoisotopic (exact) mass is 268 g/mol. The van der Waals surface area contributed by atoms with Crippen LogP contribution in [-0.4, -0.2) is 48.0 Å². The molecule has 0 aliphatic rings. The zero-order valence-corrected chi connectivity index (χ0v) is 12.2. The molecule has 0 saturated heterocycles. The summed E-state index contributed by atoms with van der Waals surface area (Å²) in [5.41, 5.74) is 0.978. The van der Waals surface area contributed by atoms with Crippen molar-refractivity contribution in [1.82, 2.24) is 9.97 Å². The van der Waals surface area contributed by atoms with E-state index in [-0.39, 0.29) is 12.6 Å². The minimum absolute atomic E-state index is 0.0393. The number of aliphatic hydroxyl groups excluding tert-OH is 1. The van der Waals surface area contributed by atoms with E-state index in [0.717, 1.165) is 23.7 Å². The molecule has 3 N–H and O–H groups in total. The number of aromatic nitrogens is 2. The van der Waals surface area contributed by atoms with Gasteiger partial charge in [-0.2, -0.15) is 0 Å². The van der Waals surface area contributed by atoms with Gasteiger partial charge >= 0.3 is 0 Å². The average Bonchev–Trinajstić information content (AvgIpc) is 2.36. The summed E-state index contributed by atoms with van der Waals surface area (Å²) in [6.07, 6.45) is 0.618. The Morgan fingerprint density at radius 3 is 2.53 bits per heavy atom. The second-order valence-corrected chi connectivity index (χ2v) is 4.43. The van der Waals surface area contributed by atoms with Crippen molar-refractivity contribution < 1.29 is 9.84 Å². The van der Waals surface area contributed by atoms with E-state index in [2.05, 4.69) is 20.6 Å². The highest BCUT2D eigenvalue weighted by Crippen LogP contribution is 2.20. The molecule has 0 bridgehead atoms. The van der Waals surface area contributed by atoms with Crippen LogP contribution in [0.1, 0.15) is 24.7 Å². The molecule has 1 aromatic heterocycles. The number of hydrogen-bond donors (Lipinski definition) is 3. The summed E-state index contributed by atoms with van der Waals surface area (Å²) in [6, 6.07) is 0.0393. The number of methoxy groups -OCH3 is 1. The van der Waals surface area contributed by atoms with Crippen molar-refractivity contribution in [3.05, 3.63) is 11.4 Å². The lowest BCUT2D eigenvalue weighted by Crippen LogP contribution is -2.27. The van der Waals surface area contributed by atoms with Crippen LogP contribution >= 0.6 is 0 Å². The van der Waals surface area contributed by atoms with Gasteiger partial charge in [-0.15, -0.1) is 0 Å². The van der Waals surface area contributed by atoms with Crippen molar-refractivity contribution in [1.29, 1.82) is 0 Å². The average molecular weight is 268 g/mol. The number of aryl methyl sites for hydroxylation is 1. The van der Waals surface area contributed by atoms with Crippen molar-refractivity contribution in [2.75, 3.05) is 37.5 Å². The molecule has 6 heteroatoms. The van der Waals surface area contributed by atoms with E-state index in [1.54, 1.807) is 7.11 Å². The Hall–Kier alpha value is -1.40. The maximum Gasteiger partial charge on any atom is 0.135 e. The first-order chi connectivity index (χ1) is 9.12. The SMILES string of the molecule is CCNc1nc(C)nc(NC(CCO)COC)c1C. The number of rotatable bonds is 8. The molecule has 1 heterocycles. The Kier molecular flexibility index (Phi) is 6.52. The van der Waals surface area contributed by atoms with E-state index in [0.29, 0.717) is 18.9 Å². The van der Waals surface area contributed by atoms with Gasteiger partial charge in [0.15, 0.2) is 0 Å². The van der Waals surface area contributed by atoms with Crippen LogP contribution in [0, 0.1) is 13.8 Å². The summed E-state index contributed by atoms with van der Waals surface area (Å²) >= 11 is 0. The molecule has 0 aliphatic carbocycles. The number of hydrogen-bond acceptors (Lipinski definition) is 6. The van der Waals surface area contributed by atoms with Crippen LogP contribution in [0.2, 0.25) is 0 Å². The van der Waals surface area contributed by atoms with Crippen LogP contribution in [0.5, 0.6) is 0 Å². The first-order valence-corrected chi connectivity index (χ1v) is 6.57. The molecule has 0 aromatic carbocycles. The van der Waals surface area contributed by atoms with Gasteiger partial charge in [0, 0.05) is 25.8 Å². The Labute approximate surface area is 114 Å². The second-order valence-electron chi connectivity index (χ2n) is 4.43. The van der Waals surface area contributed by atoms with Crippen LogP contribution in [0.3, 0.4) is 0 Å². The lowest BCUT2D eigenvalue weighted by Gasteiger charge is -2.20. The molecular formula is C13H24N4O2. The van der Waals surface area contributed by atoms with Crippen molar-refractivity contribution in [2.45, 2.75) is 33.2 Å². The van der Waals surface area contributed by atoms with Crippen molar-refractivity contribution in [2.24, 2.45) is 0 Å². The third-order valence-corrected chi connectivity index (χ3v) is 2.79. The fraction of sp³-hybridized carbons (Fsp3) is 0.692. The standard InChI is InChI=1S/C13H24N4O2/c1-5-14-12-9(2)13(16-10(3)15-12)17-11(6-7-18)8-19-4/h11,18H,5-8H2,1-4H3,(H2,14,15,16,17). The summed E-state index contributed by atoms with van der Waals surface area (Å²) in [5, 5.41) is 15.6. The molecule has 1 unspecified atom stereocenters. The Bertz CT molecular complexity index is 392. The first kappa shape index (κ1) is 15.7. The molecule has 19 heavy (non-hydrogen) atoms. The molecule has 108 valence electrons. The third kappa shape index (κ3) is 4.65. The maximum atomic E-state index is 9.06. The Morgan fingerprint density at radius 1 is 1.26 bits per heavy atom. The summed E-state index contributed by atoms with van der Waals surface area (Å²) in [6.45, 7) is 7.33. The maximum absolute atomic E-state index is 9.06. The van der Waals surface area contributed by atoms with Gasteiger partial charge in [0.1, 0.15) is 17.5 Å². The van der Waals surface area contributed by atoms with Crippen LogP contribution in [-0.2, 0) is 4.74 Å². The smallest absolute Gasteiger partial charge is 0.135 e. The topological polar surface area (TPSA) is 79.3 Å². The number of nitrogens with zero attached hydrogens (tertiary/aromatic N) is 2. The molecule has 1 atom stereocenters. The van der Waals surface area contributed by atoms with E-state index in [4.69, 9.17) is 9.84 Å². The fourth-order valence-electron chi connectivity index (χ4n) is 1.86. The first-order valence-electron chi connectivity index (χ1n) is 6.57. The predicted molar refractivity (Wildman–Crippen MR) is 76.7 cm³/mol. The third-order valence-electron chi connectivity index (χ3n) is 2.79. The number of anilines is 2. The molecule has 0 radical (unpaired) electrons. The molecule has 0 amide bonds. The lowest BCUT2D eigenvalue weighted by atomic mass is 10.2.